The first-order valence-electron chi connectivity index (χ1n) is 8.44. The molecule has 2 aromatic heterocycles. The maximum atomic E-state index is 12.8. The smallest absolute Gasteiger partial charge is 0.254 e. The van der Waals surface area contributed by atoms with E-state index < -0.39 is 6.10 Å². The van der Waals surface area contributed by atoms with Crippen molar-refractivity contribution in [1.82, 2.24) is 9.55 Å². The molecule has 1 atom stereocenters. The van der Waals surface area contributed by atoms with Gasteiger partial charge in [-0.05, 0) is 43.2 Å². The van der Waals surface area contributed by atoms with Crippen LogP contribution in [0, 0.1) is 6.92 Å². The number of rotatable bonds is 3. The average molecular weight is 336 g/mol. The van der Waals surface area contributed by atoms with Crippen LogP contribution in [0.15, 0.2) is 35.1 Å². The van der Waals surface area contributed by atoms with Crippen LogP contribution in [0.3, 0.4) is 0 Å². The van der Waals surface area contributed by atoms with Gasteiger partial charge in [-0.25, -0.2) is 4.98 Å². The maximum absolute atomic E-state index is 12.8. The number of fused-ring (bicyclic) bond motifs is 4. The van der Waals surface area contributed by atoms with E-state index in [9.17, 15) is 9.90 Å². The number of ether oxygens (including phenoxy) is 1. The van der Waals surface area contributed by atoms with E-state index >= 15 is 0 Å². The second-order valence-corrected chi connectivity index (χ2v) is 6.45. The van der Waals surface area contributed by atoms with Gasteiger partial charge >= 0.3 is 0 Å². The Kier molecular flexibility index (Phi) is 3.62. The lowest BCUT2D eigenvalue weighted by atomic mass is 10.0. The zero-order valence-corrected chi connectivity index (χ0v) is 14.5. The molecule has 128 valence electrons. The molecular formula is C20H20N2O3. The van der Waals surface area contributed by atoms with Gasteiger partial charge in [0.2, 0.25) is 0 Å². The second kappa shape index (κ2) is 5.70. The van der Waals surface area contributed by atoms with Crippen molar-refractivity contribution in [1.29, 1.82) is 0 Å². The van der Waals surface area contributed by atoms with Gasteiger partial charge in [-0.3, -0.25) is 4.79 Å². The fraction of sp³-hybridized carbons (Fsp3) is 0.300. The number of pyridine rings is 2. The van der Waals surface area contributed by atoms with Crippen LogP contribution in [0.5, 0.6) is 5.75 Å². The number of hydrogen-bond acceptors (Lipinski definition) is 4. The molecule has 1 N–H and O–H groups in total. The van der Waals surface area contributed by atoms with Crippen molar-refractivity contribution in [2.75, 3.05) is 7.11 Å². The molecule has 0 saturated carbocycles. The first kappa shape index (κ1) is 15.8. The highest BCUT2D eigenvalue weighted by molar-refractivity contribution is 5.89. The summed E-state index contributed by atoms with van der Waals surface area (Å²) in [5.41, 5.74) is 4.65. The van der Waals surface area contributed by atoms with Crippen LogP contribution in [0.1, 0.15) is 36.1 Å². The minimum absolute atomic E-state index is 0.0611. The number of aliphatic hydroxyl groups excluding tert-OH is 1. The van der Waals surface area contributed by atoms with E-state index in [0.717, 1.165) is 33.6 Å². The van der Waals surface area contributed by atoms with Gasteiger partial charge in [0.05, 0.1) is 36.7 Å². The van der Waals surface area contributed by atoms with Crippen LogP contribution in [-0.2, 0) is 6.54 Å². The van der Waals surface area contributed by atoms with Crippen molar-refractivity contribution in [3.63, 3.8) is 0 Å². The topological polar surface area (TPSA) is 64.4 Å². The van der Waals surface area contributed by atoms with E-state index in [1.54, 1.807) is 18.6 Å². The van der Waals surface area contributed by atoms with E-state index in [2.05, 4.69) is 0 Å². The molecule has 4 rings (SSSR count). The van der Waals surface area contributed by atoms with E-state index in [-0.39, 0.29) is 5.56 Å². The van der Waals surface area contributed by atoms with Gasteiger partial charge in [0.25, 0.3) is 5.56 Å². The second-order valence-electron chi connectivity index (χ2n) is 6.45. The number of aliphatic hydroxyl groups is 1. The molecule has 1 aliphatic heterocycles. The van der Waals surface area contributed by atoms with Crippen molar-refractivity contribution in [3.05, 3.63) is 57.4 Å². The number of hydrogen-bond donors (Lipinski definition) is 1. The number of nitrogens with zero attached hydrogens (tertiary/aromatic N) is 2. The molecule has 0 aliphatic carbocycles. The SMILES string of the molecule is CC[C@H](O)c1cc2n(c(=O)c1C)Cc1cc3c(OC)cccc3nc1-2. The summed E-state index contributed by atoms with van der Waals surface area (Å²) in [4.78, 5) is 17.6. The van der Waals surface area contributed by atoms with Gasteiger partial charge in [0.1, 0.15) is 5.75 Å². The quantitative estimate of drug-likeness (QED) is 0.624. The maximum Gasteiger partial charge on any atom is 0.254 e. The molecule has 0 unspecified atom stereocenters. The Morgan fingerprint density at radius 3 is 2.88 bits per heavy atom. The lowest BCUT2D eigenvalue weighted by molar-refractivity contribution is 0.172. The zero-order valence-electron chi connectivity index (χ0n) is 14.5. The molecule has 0 radical (unpaired) electrons. The normalized spacial score (nSPS) is 13.6. The molecule has 1 aliphatic rings. The van der Waals surface area contributed by atoms with Crippen LogP contribution in [0.2, 0.25) is 0 Å². The molecule has 3 heterocycles. The number of benzene rings is 1. The lowest BCUT2D eigenvalue weighted by Gasteiger charge is -2.14. The van der Waals surface area contributed by atoms with E-state index in [1.165, 1.54) is 0 Å². The van der Waals surface area contributed by atoms with Crippen LogP contribution in [-0.4, -0.2) is 21.8 Å². The first-order valence-corrected chi connectivity index (χ1v) is 8.44. The summed E-state index contributed by atoms with van der Waals surface area (Å²) < 4.78 is 7.17. The Hall–Kier alpha value is -2.66. The van der Waals surface area contributed by atoms with Gasteiger partial charge in [0.15, 0.2) is 0 Å². The molecule has 5 nitrogen and oxygen atoms in total. The van der Waals surface area contributed by atoms with E-state index in [1.807, 2.05) is 37.3 Å². The van der Waals surface area contributed by atoms with Gasteiger partial charge in [0, 0.05) is 16.5 Å². The van der Waals surface area contributed by atoms with Crippen LogP contribution in [0.4, 0.5) is 0 Å². The number of methoxy groups -OCH3 is 1. The Morgan fingerprint density at radius 1 is 1.36 bits per heavy atom. The summed E-state index contributed by atoms with van der Waals surface area (Å²) in [6.45, 7) is 4.18. The summed E-state index contributed by atoms with van der Waals surface area (Å²) in [7, 11) is 1.64. The zero-order chi connectivity index (χ0) is 17.7. The molecule has 25 heavy (non-hydrogen) atoms. The Morgan fingerprint density at radius 2 is 2.16 bits per heavy atom. The summed E-state index contributed by atoms with van der Waals surface area (Å²) >= 11 is 0. The van der Waals surface area contributed by atoms with E-state index in [0.29, 0.717) is 24.1 Å². The highest BCUT2D eigenvalue weighted by atomic mass is 16.5. The van der Waals surface area contributed by atoms with Crippen molar-refractivity contribution >= 4 is 10.9 Å². The van der Waals surface area contributed by atoms with Crippen molar-refractivity contribution in [2.45, 2.75) is 32.9 Å². The molecule has 0 spiro atoms. The fourth-order valence-electron chi connectivity index (χ4n) is 3.59. The van der Waals surface area contributed by atoms with Gasteiger partial charge in [-0.15, -0.1) is 0 Å². The van der Waals surface area contributed by atoms with Gasteiger partial charge in [-0.2, -0.15) is 0 Å². The van der Waals surface area contributed by atoms with Crippen molar-refractivity contribution in [3.8, 4) is 17.1 Å². The summed E-state index contributed by atoms with van der Waals surface area (Å²) in [6.07, 6.45) is -0.0675. The molecule has 0 saturated heterocycles. The van der Waals surface area contributed by atoms with Crippen LogP contribution in [0.25, 0.3) is 22.3 Å². The third-order valence-corrected chi connectivity index (χ3v) is 5.02. The monoisotopic (exact) mass is 336 g/mol. The highest BCUT2D eigenvalue weighted by Gasteiger charge is 2.25. The Bertz CT molecular complexity index is 1050. The van der Waals surface area contributed by atoms with Crippen molar-refractivity contribution < 1.29 is 9.84 Å². The van der Waals surface area contributed by atoms with Crippen LogP contribution < -0.4 is 10.3 Å². The standard InChI is InChI=1S/C20H20N2O3/c1-4-17(23)13-9-16-19-12(10-22(16)20(24)11(13)2)8-14-15(21-19)6-5-7-18(14)25-3/h5-9,17,23H,4,10H2,1-3H3/t17-/m0/s1. The Labute approximate surface area is 145 Å². The van der Waals surface area contributed by atoms with Gasteiger partial charge in [-0.1, -0.05) is 13.0 Å². The molecule has 1 aromatic carbocycles. The van der Waals surface area contributed by atoms with E-state index in [4.69, 9.17) is 9.72 Å². The fourth-order valence-corrected chi connectivity index (χ4v) is 3.59. The van der Waals surface area contributed by atoms with Crippen LogP contribution >= 0.6 is 0 Å². The van der Waals surface area contributed by atoms with Crippen molar-refractivity contribution in [2.24, 2.45) is 0 Å². The summed E-state index contributed by atoms with van der Waals surface area (Å²) in [5.74, 6) is 0.773. The largest absolute Gasteiger partial charge is 0.496 e. The molecule has 5 heteroatoms. The lowest BCUT2D eigenvalue weighted by Crippen LogP contribution is -2.23. The summed E-state index contributed by atoms with van der Waals surface area (Å²) in [6, 6.07) is 9.72. The molecule has 0 bridgehead atoms. The predicted molar refractivity (Wildman–Crippen MR) is 97.1 cm³/mol. The predicted octanol–water partition coefficient (Wildman–Crippen LogP) is 3.19. The molecular weight excluding hydrogens is 316 g/mol. The minimum Gasteiger partial charge on any atom is -0.496 e. The highest BCUT2D eigenvalue weighted by Crippen LogP contribution is 2.36. The Balaban J connectivity index is 1.99. The first-order chi connectivity index (χ1) is 12.0. The molecule has 0 fully saturated rings. The number of aromatic nitrogens is 2. The third-order valence-electron chi connectivity index (χ3n) is 5.02. The third kappa shape index (κ3) is 2.27. The van der Waals surface area contributed by atoms with Gasteiger partial charge < -0.3 is 14.4 Å². The molecule has 0 amide bonds. The minimum atomic E-state index is -0.636. The molecule has 3 aromatic rings. The average Bonchev–Trinajstić information content (AvgIpc) is 2.99. The summed E-state index contributed by atoms with van der Waals surface area (Å²) in [5, 5.41) is 11.2.